The van der Waals surface area contributed by atoms with Gasteiger partial charge in [0, 0.05) is 30.4 Å². The maximum Gasteiger partial charge on any atom is 0.161 e. The van der Waals surface area contributed by atoms with Gasteiger partial charge in [-0.2, -0.15) is 5.10 Å². The van der Waals surface area contributed by atoms with Gasteiger partial charge in [0.25, 0.3) is 0 Å². The Labute approximate surface area is 136 Å². The highest BCUT2D eigenvalue weighted by molar-refractivity contribution is 5.43. The zero-order valence-corrected chi connectivity index (χ0v) is 13.5. The summed E-state index contributed by atoms with van der Waals surface area (Å²) >= 11 is 0. The van der Waals surface area contributed by atoms with Crippen LogP contribution >= 0.6 is 0 Å². The minimum atomic E-state index is 0.396. The van der Waals surface area contributed by atoms with Gasteiger partial charge in [0.2, 0.25) is 0 Å². The monoisotopic (exact) mass is 313 g/mol. The summed E-state index contributed by atoms with van der Waals surface area (Å²) in [5.41, 5.74) is 4.00. The Morgan fingerprint density at radius 3 is 3.00 bits per heavy atom. The molecule has 0 amide bonds. The Morgan fingerprint density at radius 2 is 2.13 bits per heavy atom. The number of nitrogens with zero attached hydrogens (tertiary/aromatic N) is 2. The van der Waals surface area contributed by atoms with Gasteiger partial charge >= 0.3 is 0 Å². The molecule has 1 aliphatic heterocycles. The molecule has 2 aromatic rings. The second-order valence-corrected chi connectivity index (χ2v) is 6.17. The van der Waals surface area contributed by atoms with E-state index in [1.807, 2.05) is 12.3 Å². The molecule has 1 aromatic carbocycles. The van der Waals surface area contributed by atoms with E-state index in [0.29, 0.717) is 19.3 Å². The first kappa shape index (κ1) is 14.6. The summed E-state index contributed by atoms with van der Waals surface area (Å²) in [4.78, 5) is 0. The van der Waals surface area contributed by atoms with E-state index in [1.54, 1.807) is 0 Å². The maximum atomic E-state index is 5.66. The summed E-state index contributed by atoms with van der Waals surface area (Å²) in [6.07, 6.45) is 5.58. The van der Waals surface area contributed by atoms with Crippen molar-refractivity contribution in [3.63, 3.8) is 0 Å². The van der Waals surface area contributed by atoms with Crippen LogP contribution in [0.15, 0.2) is 24.4 Å². The minimum absolute atomic E-state index is 0.396. The van der Waals surface area contributed by atoms with Crippen molar-refractivity contribution in [3.8, 4) is 11.5 Å². The third-order valence-corrected chi connectivity index (χ3v) is 4.72. The SMILES string of the molecule is CCn1ncc2c1CCC[C@@H]2NCc1ccc2c(c1)OCCO2. The second-order valence-electron chi connectivity index (χ2n) is 6.17. The number of fused-ring (bicyclic) bond motifs is 2. The largest absolute Gasteiger partial charge is 0.486 e. The zero-order chi connectivity index (χ0) is 15.6. The van der Waals surface area contributed by atoms with Crippen molar-refractivity contribution < 1.29 is 9.47 Å². The molecule has 0 saturated heterocycles. The molecular weight excluding hydrogens is 290 g/mol. The van der Waals surface area contributed by atoms with Crippen molar-refractivity contribution in [3.05, 3.63) is 41.2 Å². The predicted octanol–water partition coefficient (Wildman–Crippen LogP) is 2.84. The first-order valence-electron chi connectivity index (χ1n) is 8.51. The fraction of sp³-hybridized carbons (Fsp3) is 0.500. The predicted molar refractivity (Wildman–Crippen MR) is 87.9 cm³/mol. The summed E-state index contributed by atoms with van der Waals surface area (Å²) in [5.74, 6) is 1.71. The first-order chi connectivity index (χ1) is 11.3. The van der Waals surface area contributed by atoms with Crippen molar-refractivity contribution in [2.45, 2.75) is 45.3 Å². The van der Waals surface area contributed by atoms with Gasteiger partial charge in [-0.05, 0) is 43.9 Å². The molecule has 1 atom stereocenters. The number of hydrogen-bond acceptors (Lipinski definition) is 4. The normalized spacial score (nSPS) is 19.4. The average Bonchev–Trinajstić information content (AvgIpc) is 3.03. The van der Waals surface area contributed by atoms with Crippen LogP contribution in [0.25, 0.3) is 0 Å². The van der Waals surface area contributed by atoms with Crippen LogP contribution in [0.2, 0.25) is 0 Å². The highest BCUT2D eigenvalue weighted by Crippen LogP contribution is 2.32. The molecule has 1 aliphatic carbocycles. The molecule has 2 aliphatic rings. The van der Waals surface area contributed by atoms with E-state index in [2.05, 4.69) is 34.2 Å². The molecular formula is C18H23N3O2. The van der Waals surface area contributed by atoms with Crippen LogP contribution in [-0.2, 0) is 19.5 Å². The van der Waals surface area contributed by atoms with Crippen molar-refractivity contribution in [2.75, 3.05) is 13.2 Å². The number of aryl methyl sites for hydroxylation is 1. The standard InChI is InChI=1S/C18H23N3O2/c1-2-21-16-5-3-4-15(14(16)12-20-21)19-11-13-6-7-17-18(10-13)23-9-8-22-17/h6-7,10,12,15,19H,2-5,8-9,11H2,1H3/t15-/m0/s1. The molecule has 0 fully saturated rings. The first-order valence-corrected chi connectivity index (χ1v) is 8.51. The number of nitrogens with one attached hydrogen (secondary N) is 1. The molecule has 4 rings (SSSR count). The van der Waals surface area contributed by atoms with Crippen molar-refractivity contribution in [1.82, 2.24) is 15.1 Å². The van der Waals surface area contributed by atoms with Gasteiger partial charge in [-0.15, -0.1) is 0 Å². The molecule has 0 bridgehead atoms. The number of benzene rings is 1. The lowest BCUT2D eigenvalue weighted by molar-refractivity contribution is 0.171. The van der Waals surface area contributed by atoms with E-state index >= 15 is 0 Å². The van der Waals surface area contributed by atoms with E-state index in [1.165, 1.54) is 29.7 Å². The number of aromatic nitrogens is 2. The molecule has 5 heteroatoms. The number of rotatable bonds is 4. The van der Waals surface area contributed by atoms with Crippen LogP contribution < -0.4 is 14.8 Å². The summed E-state index contributed by atoms with van der Waals surface area (Å²) in [5, 5.41) is 8.21. The van der Waals surface area contributed by atoms with Gasteiger partial charge in [0.05, 0.1) is 6.20 Å². The molecule has 1 N–H and O–H groups in total. The lowest BCUT2D eigenvalue weighted by Crippen LogP contribution is -2.25. The third-order valence-electron chi connectivity index (χ3n) is 4.72. The number of ether oxygens (including phenoxy) is 2. The third kappa shape index (κ3) is 2.81. The molecule has 2 heterocycles. The van der Waals surface area contributed by atoms with Gasteiger partial charge in [-0.1, -0.05) is 6.07 Å². The molecule has 0 saturated carbocycles. The van der Waals surface area contributed by atoms with Crippen LogP contribution in [0, 0.1) is 0 Å². The Bertz CT molecular complexity index is 696. The lowest BCUT2D eigenvalue weighted by atomic mass is 9.93. The maximum absolute atomic E-state index is 5.66. The molecule has 23 heavy (non-hydrogen) atoms. The van der Waals surface area contributed by atoms with Gasteiger partial charge in [-0.25, -0.2) is 0 Å². The molecule has 0 spiro atoms. The molecule has 0 radical (unpaired) electrons. The minimum Gasteiger partial charge on any atom is -0.486 e. The molecule has 0 unspecified atom stereocenters. The fourth-order valence-corrected chi connectivity index (χ4v) is 3.54. The molecule has 122 valence electrons. The summed E-state index contributed by atoms with van der Waals surface area (Å²) < 4.78 is 13.4. The Kier molecular flexibility index (Phi) is 3.95. The van der Waals surface area contributed by atoms with Crippen molar-refractivity contribution in [1.29, 1.82) is 0 Å². The van der Waals surface area contributed by atoms with Crippen LogP contribution in [0.1, 0.15) is 42.6 Å². The van der Waals surface area contributed by atoms with Crippen LogP contribution in [0.5, 0.6) is 11.5 Å². The highest BCUT2D eigenvalue weighted by Gasteiger charge is 2.23. The van der Waals surface area contributed by atoms with Gasteiger partial charge < -0.3 is 14.8 Å². The van der Waals surface area contributed by atoms with Gasteiger partial charge in [-0.3, -0.25) is 4.68 Å². The van der Waals surface area contributed by atoms with Crippen molar-refractivity contribution >= 4 is 0 Å². The van der Waals surface area contributed by atoms with E-state index in [9.17, 15) is 0 Å². The Morgan fingerprint density at radius 1 is 1.26 bits per heavy atom. The van der Waals surface area contributed by atoms with E-state index in [4.69, 9.17) is 9.47 Å². The number of hydrogen-bond donors (Lipinski definition) is 1. The smallest absolute Gasteiger partial charge is 0.161 e. The zero-order valence-electron chi connectivity index (χ0n) is 13.5. The topological polar surface area (TPSA) is 48.3 Å². The molecule has 1 aromatic heterocycles. The summed E-state index contributed by atoms with van der Waals surface area (Å²) in [7, 11) is 0. The Hall–Kier alpha value is -2.01. The lowest BCUT2D eigenvalue weighted by Gasteiger charge is -2.25. The van der Waals surface area contributed by atoms with Crippen LogP contribution in [0.4, 0.5) is 0 Å². The average molecular weight is 313 g/mol. The van der Waals surface area contributed by atoms with Crippen molar-refractivity contribution in [2.24, 2.45) is 0 Å². The van der Waals surface area contributed by atoms with Gasteiger partial charge in [0.1, 0.15) is 13.2 Å². The fourth-order valence-electron chi connectivity index (χ4n) is 3.54. The van der Waals surface area contributed by atoms with E-state index in [0.717, 1.165) is 31.0 Å². The molecule has 5 nitrogen and oxygen atoms in total. The van der Waals surface area contributed by atoms with E-state index in [-0.39, 0.29) is 0 Å². The van der Waals surface area contributed by atoms with E-state index < -0.39 is 0 Å². The summed E-state index contributed by atoms with van der Waals surface area (Å²) in [6, 6.07) is 6.60. The highest BCUT2D eigenvalue weighted by atomic mass is 16.6. The quantitative estimate of drug-likeness (QED) is 0.943. The van der Waals surface area contributed by atoms with Gasteiger partial charge in [0.15, 0.2) is 11.5 Å². The van der Waals surface area contributed by atoms with Crippen LogP contribution in [0.3, 0.4) is 0 Å². The summed E-state index contributed by atoms with van der Waals surface area (Å²) in [6.45, 7) is 5.20. The van der Waals surface area contributed by atoms with Crippen LogP contribution in [-0.4, -0.2) is 23.0 Å². The second kappa shape index (κ2) is 6.24. The Balaban J connectivity index is 1.47.